The summed E-state index contributed by atoms with van der Waals surface area (Å²) >= 11 is 0. The number of carbonyl (C=O) groups excluding carboxylic acids is 1. The van der Waals surface area contributed by atoms with Crippen LogP contribution in [0.1, 0.15) is 12.0 Å². The number of fused-ring (bicyclic) bond motifs is 1. The fraction of sp³-hybridized carbons (Fsp3) is 0.278. The Morgan fingerprint density at radius 3 is 2.81 bits per heavy atom. The maximum absolute atomic E-state index is 12.8. The summed E-state index contributed by atoms with van der Waals surface area (Å²) in [5, 5.41) is 20.2. The van der Waals surface area contributed by atoms with Gasteiger partial charge < -0.3 is 19.5 Å². The summed E-state index contributed by atoms with van der Waals surface area (Å²) in [5.41, 5.74) is 1.14. The minimum absolute atomic E-state index is 0.0370. The Labute approximate surface area is 149 Å². The van der Waals surface area contributed by atoms with Crippen LogP contribution < -0.4 is 14.4 Å². The van der Waals surface area contributed by atoms with E-state index in [0.29, 0.717) is 22.7 Å². The number of ether oxygens (including phenoxy) is 2. The molecule has 0 bridgehead atoms. The molecule has 1 amide bonds. The number of anilines is 1. The average Bonchev–Trinajstić information content (AvgIpc) is 2.65. The Bertz CT molecular complexity index is 838. The number of rotatable bonds is 6. The summed E-state index contributed by atoms with van der Waals surface area (Å²) in [6.07, 6.45) is -0.667. The van der Waals surface area contributed by atoms with Crippen molar-refractivity contribution in [1.82, 2.24) is 0 Å². The van der Waals surface area contributed by atoms with Crippen LogP contribution in [0, 0.1) is 10.1 Å². The molecule has 26 heavy (non-hydrogen) atoms. The van der Waals surface area contributed by atoms with Crippen LogP contribution in [-0.2, 0) is 11.3 Å². The van der Waals surface area contributed by atoms with E-state index in [4.69, 9.17) is 9.47 Å². The van der Waals surface area contributed by atoms with E-state index < -0.39 is 11.0 Å². The molecule has 0 saturated carbocycles. The van der Waals surface area contributed by atoms with Gasteiger partial charge in [0.25, 0.3) is 11.6 Å². The predicted molar refractivity (Wildman–Crippen MR) is 93.4 cm³/mol. The summed E-state index contributed by atoms with van der Waals surface area (Å²) in [4.78, 5) is 24.8. The van der Waals surface area contributed by atoms with Crippen LogP contribution in [0.5, 0.6) is 11.5 Å². The fourth-order valence-electron chi connectivity index (χ4n) is 2.85. The third-order valence-electron chi connectivity index (χ3n) is 4.12. The highest BCUT2D eigenvalue weighted by Gasteiger charge is 2.34. The average molecular weight is 358 g/mol. The number of aliphatic hydroxyl groups excluding tert-OH is 1. The van der Waals surface area contributed by atoms with E-state index in [0.717, 1.165) is 0 Å². The summed E-state index contributed by atoms with van der Waals surface area (Å²) in [6, 6.07) is 11.2. The summed E-state index contributed by atoms with van der Waals surface area (Å²) < 4.78 is 10.9. The molecule has 1 atom stereocenters. The van der Waals surface area contributed by atoms with Gasteiger partial charge in [-0.15, -0.1) is 0 Å². The van der Waals surface area contributed by atoms with Crippen LogP contribution in [-0.4, -0.2) is 35.8 Å². The van der Waals surface area contributed by atoms with Gasteiger partial charge >= 0.3 is 0 Å². The molecule has 1 unspecified atom stereocenters. The summed E-state index contributed by atoms with van der Waals surface area (Å²) in [6.45, 7) is -0.0362. The van der Waals surface area contributed by atoms with Crippen LogP contribution in [0.3, 0.4) is 0 Å². The van der Waals surface area contributed by atoms with Crippen molar-refractivity contribution in [3.8, 4) is 11.5 Å². The number of nitro benzene ring substituents is 1. The lowest BCUT2D eigenvalue weighted by molar-refractivity contribution is -0.384. The summed E-state index contributed by atoms with van der Waals surface area (Å²) in [5.74, 6) is 0.743. The van der Waals surface area contributed by atoms with Crippen LogP contribution in [0.15, 0.2) is 42.5 Å². The van der Waals surface area contributed by atoms with Gasteiger partial charge in [0, 0.05) is 31.2 Å². The van der Waals surface area contributed by atoms with Crippen molar-refractivity contribution in [2.45, 2.75) is 19.1 Å². The largest absolute Gasteiger partial charge is 0.497 e. The second-order valence-corrected chi connectivity index (χ2v) is 5.80. The van der Waals surface area contributed by atoms with E-state index in [9.17, 15) is 20.0 Å². The highest BCUT2D eigenvalue weighted by molar-refractivity contribution is 6.00. The molecule has 0 fully saturated rings. The zero-order valence-electron chi connectivity index (χ0n) is 14.1. The molecule has 1 aliphatic heterocycles. The molecule has 0 aromatic heterocycles. The van der Waals surface area contributed by atoms with Gasteiger partial charge in [-0.2, -0.15) is 0 Å². The minimum atomic E-state index is -0.821. The molecule has 8 heteroatoms. The van der Waals surface area contributed by atoms with E-state index in [2.05, 4.69) is 0 Å². The van der Waals surface area contributed by atoms with Gasteiger partial charge in [0.1, 0.15) is 11.5 Å². The molecule has 0 saturated heterocycles. The SMILES string of the molecule is COc1ccc2c(c1)OC(CCO)C(=O)N2Cc1cccc([N+](=O)[O-])c1. The van der Waals surface area contributed by atoms with E-state index >= 15 is 0 Å². The number of nitro groups is 1. The van der Waals surface area contributed by atoms with Crippen LogP contribution in [0.25, 0.3) is 0 Å². The molecule has 2 aromatic carbocycles. The minimum Gasteiger partial charge on any atom is -0.497 e. The number of hydrogen-bond donors (Lipinski definition) is 1. The Morgan fingerprint density at radius 1 is 1.31 bits per heavy atom. The van der Waals surface area contributed by atoms with Crippen molar-refractivity contribution >= 4 is 17.3 Å². The van der Waals surface area contributed by atoms with Gasteiger partial charge in [-0.25, -0.2) is 0 Å². The Kier molecular flexibility index (Phi) is 5.04. The zero-order valence-corrected chi connectivity index (χ0v) is 14.1. The van der Waals surface area contributed by atoms with Gasteiger partial charge in [-0.1, -0.05) is 12.1 Å². The molecule has 136 valence electrons. The lowest BCUT2D eigenvalue weighted by atomic mass is 10.1. The van der Waals surface area contributed by atoms with E-state index in [-0.39, 0.29) is 31.2 Å². The molecule has 1 aliphatic rings. The number of non-ortho nitro benzene ring substituents is 1. The molecule has 2 aromatic rings. The quantitative estimate of drug-likeness (QED) is 0.628. The zero-order chi connectivity index (χ0) is 18.7. The van der Waals surface area contributed by atoms with Gasteiger partial charge in [-0.3, -0.25) is 14.9 Å². The van der Waals surface area contributed by atoms with E-state index in [1.54, 1.807) is 30.3 Å². The molecular formula is C18H18N2O6. The third kappa shape index (κ3) is 3.45. The first-order chi connectivity index (χ1) is 12.5. The first kappa shape index (κ1) is 17.7. The molecular weight excluding hydrogens is 340 g/mol. The van der Waals surface area contributed by atoms with Crippen molar-refractivity contribution in [1.29, 1.82) is 0 Å². The van der Waals surface area contributed by atoms with E-state index in [1.807, 2.05) is 0 Å². The molecule has 8 nitrogen and oxygen atoms in total. The first-order valence-corrected chi connectivity index (χ1v) is 8.03. The monoisotopic (exact) mass is 358 g/mol. The molecule has 3 rings (SSSR count). The lowest BCUT2D eigenvalue weighted by Gasteiger charge is -2.34. The topological polar surface area (TPSA) is 102 Å². The van der Waals surface area contributed by atoms with E-state index in [1.165, 1.54) is 24.1 Å². The van der Waals surface area contributed by atoms with Crippen molar-refractivity contribution < 1.29 is 24.3 Å². The Hall–Kier alpha value is -3.13. The third-order valence-corrected chi connectivity index (χ3v) is 4.12. The van der Waals surface area contributed by atoms with Crippen LogP contribution in [0.4, 0.5) is 11.4 Å². The van der Waals surface area contributed by atoms with Crippen LogP contribution in [0.2, 0.25) is 0 Å². The normalized spacial score (nSPS) is 16.0. The molecule has 0 radical (unpaired) electrons. The number of nitrogens with zero attached hydrogens (tertiary/aromatic N) is 2. The van der Waals surface area contributed by atoms with Crippen molar-refractivity contribution in [3.05, 3.63) is 58.1 Å². The first-order valence-electron chi connectivity index (χ1n) is 8.03. The standard InChI is InChI=1S/C18H18N2O6/c1-25-14-5-6-15-17(10-14)26-16(7-8-21)18(22)19(15)11-12-3-2-4-13(9-12)20(23)24/h2-6,9-10,16,21H,7-8,11H2,1H3. The Morgan fingerprint density at radius 2 is 2.12 bits per heavy atom. The fourth-order valence-corrected chi connectivity index (χ4v) is 2.85. The lowest BCUT2D eigenvalue weighted by Crippen LogP contribution is -2.45. The van der Waals surface area contributed by atoms with Gasteiger partial charge in [0.2, 0.25) is 0 Å². The molecule has 0 aliphatic carbocycles. The van der Waals surface area contributed by atoms with Gasteiger partial charge in [0.15, 0.2) is 6.10 Å². The van der Waals surface area contributed by atoms with Crippen molar-refractivity contribution in [3.63, 3.8) is 0 Å². The second kappa shape index (κ2) is 7.40. The molecule has 1 N–H and O–H groups in total. The van der Waals surface area contributed by atoms with Gasteiger partial charge in [-0.05, 0) is 17.7 Å². The number of benzene rings is 2. The maximum atomic E-state index is 12.8. The number of hydrogen-bond acceptors (Lipinski definition) is 6. The number of carbonyl (C=O) groups is 1. The highest BCUT2D eigenvalue weighted by Crippen LogP contribution is 2.38. The van der Waals surface area contributed by atoms with Crippen molar-refractivity contribution in [2.24, 2.45) is 0 Å². The maximum Gasteiger partial charge on any atom is 0.269 e. The van der Waals surface area contributed by atoms with Gasteiger partial charge in [0.05, 0.1) is 24.3 Å². The second-order valence-electron chi connectivity index (χ2n) is 5.80. The smallest absolute Gasteiger partial charge is 0.269 e. The molecule has 0 spiro atoms. The Balaban J connectivity index is 1.97. The van der Waals surface area contributed by atoms with Crippen molar-refractivity contribution in [2.75, 3.05) is 18.6 Å². The highest BCUT2D eigenvalue weighted by atomic mass is 16.6. The number of amides is 1. The summed E-state index contributed by atoms with van der Waals surface area (Å²) in [7, 11) is 1.53. The number of methoxy groups -OCH3 is 1. The predicted octanol–water partition coefficient (Wildman–Crippen LogP) is 2.28. The number of aliphatic hydroxyl groups is 1. The molecule has 1 heterocycles. The van der Waals surface area contributed by atoms with Crippen LogP contribution >= 0.6 is 0 Å².